The quantitative estimate of drug-likeness (QED) is 0.186. The molecule has 4 aliphatic carbocycles. The van der Waals surface area contributed by atoms with Crippen LogP contribution in [0.25, 0.3) is 0 Å². The molecule has 40 heavy (non-hydrogen) atoms. The Bertz CT molecular complexity index is 812. The van der Waals surface area contributed by atoms with Crippen LogP contribution in [0.5, 0.6) is 0 Å². The van der Waals surface area contributed by atoms with E-state index in [0.29, 0.717) is 29.5 Å². The Balaban J connectivity index is 1.15. The Kier molecular flexibility index (Phi) is 12.0. The molecular weight excluding hydrogens is 494 g/mol. The Hall–Kier alpha value is -0.900. The number of nitrogens with one attached hydrogen (secondary N) is 1. The number of rotatable bonds is 16. The minimum atomic E-state index is -0.111. The minimum Gasteiger partial charge on any atom is -0.393 e. The van der Waals surface area contributed by atoms with Gasteiger partial charge in [0.1, 0.15) is 5.78 Å². The zero-order valence-electron chi connectivity index (χ0n) is 26.5. The number of hydrogen-bond acceptors (Lipinski definition) is 3. The molecule has 4 heteroatoms. The van der Waals surface area contributed by atoms with Crippen LogP contribution in [0.2, 0.25) is 0 Å². The summed E-state index contributed by atoms with van der Waals surface area (Å²) in [7, 11) is 0. The molecule has 0 aliphatic heterocycles. The number of aliphatic hydroxyl groups is 1. The molecule has 4 rings (SSSR count). The van der Waals surface area contributed by atoms with Crippen LogP contribution in [0.3, 0.4) is 0 Å². The Morgan fingerprint density at radius 2 is 1.57 bits per heavy atom. The third-order valence-electron chi connectivity index (χ3n) is 12.6. The van der Waals surface area contributed by atoms with Crippen LogP contribution in [-0.4, -0.2) is 29.4 Å². The van der Waals surface area contributed by atoms with Gasteiger partial charge >= 0.3 is 0 Å². The third kappa shape index (κ3) is 7.54. The molecule has 8 atom stereocenters. The summed E-state index contributed by atoms with van der Waals surface area (Å²) in [6.07, 6.45) is 25.6. The van der Waals surface area contributed by atoms with Crippen molar-refractivity contribution in [2.24, 2.45) is 40.4 Å². The maximum Gasteiger partial charge on any atom is 0.219 e. The van der Waals surface area contributed by atoms with E-state index in [0.717, 1.165) is 62.8 Å². The number of aliphatic hydroxyl groups excluding tert-OH is 1. The van der Waals surface area contributed by atoms with Crippen molar-refractivity contribution in [2.75, 3.05) is 6.54 Å². The van der Waals surface area contributed by atoms with Crippen molar-refractivity contribution in [1.29, 1.82) is 0 Å². The number of unbranched alkanes of at least 4 members (excludes halogenated alkanes) is 10. The van der Waals surface area contributed by atoms with Gasteiger partial charge in [0.25, 0.3) is 0 Å². The molecule has 4 fully saturated rings. The lowest BCUT2D eigenvalue weighted by molar-refractivity contribution is -0.159. The first-order valence-electron chi connectivity index (χ1n) is 17.8. The van der Waals surface area contributed by atoms with Gasteiger partial charge in [0.15, 0.2) is 0 Å². The lowest BCUT2D eigenvalue weighted by atomic mass is 9.42. The van der Waals surface area contributed by atoms with Crippen molar-refractivity contribution in [3.05, 3.63) is 0 Å². The smallest absolute Gasteiger partial charge is 0.219 e. The van der Waals surface area contributed by atoms with E-state index in [2.05, 4.69) is 26.1 Å². The maximum absolute atomic E-state index is 12.4. The highest BCUT2D eigenvalue weighted by Gasteiger charge is 2.62. The van der Waals surface area contributed by atoms with Crippen molar-refractivity contribution in [1.82, 2.24) is 5.32 Å². The van der Waals surface area contributed by atoms with E-state index in [-0.39, 0.29) is 17.4 Å². The fourth-order valence-electron chi connectivity index (χ4n) is 10.3. The van der Waals surface area contributed by atoms with E-state index in [1.54, 1.807) is 0 Å². The first-order valence-corrected chi connectivity index (χ1v) is 17.8. The monoisotopic (exact) mass is 557 g/mol. The van der Waals surface area contributed by atoms with Crippen LogP contribution in [-0.2, 0) is 9.59 Å². The van der Waals surface area contributed by atoms with Gasteiger partial charge in [-0.3, -0.25) is 9.59 Å². The zero-order chi connectivity index (χ0) is 28.6. The first-order chi connectivity index (χ1) is 19.3. The third-order valence-corrected chi connectivity index (χ3v) is 12.6. The van der Waals surface area contributed by atoms with Crippen molar-refractivity contribution in [3.63, 3.8) is 0 Å². The molecule has 0 aromatic heterocycles. The van der Waals surface area contributed by atoms with Crippen molar-refractivity contribution in [2.45, 2.75) is 168 Å². The van der Waals surface area contributed by atoms with Gasteiger partial charge in [0, 0.05) is 25.8 Å². The largest absolute Gasteiger partial charge is 0.393 e. The van der Waals surface area contributed by atoms with E-state index in [9.17, 15) is 14.7 Å². The lowest BCUT2D eigenvalue weighted by Gasteiger charge is -2.62. The Morgan fingerprint density at radius 3 is 2.30 bits per heavy atom. The second-order valence-corrected chi connectivity index (χ2v) is 15.2. The average molecular weight is 558 g/mol. The summed E-state index contributed by atoms with van der Waals surface area (Å²) in [5.74, 6) is 4.31. The van der Waals surface area contributed by atoms with E-state index in [1.807, 2.05) is 0 Å². The van der Waals surface area contributed by atoms with Gasteiger partial charge in [0.05, 0.1) is 6.10 Å². The van der Waals surface area contributed by atoms with Gasteiger partial charge in [-0.15, -0.1) is 0 Å². The molecule has 4 saturated carbocycles. The van der Waals surface area contributed by atoms with Gasteiger partial charge < -0.3 is 10.4 Å². The predicted octanol–water partition coefficient (Wildman–Crippen LogP) is 8.78. The summed E-state index contributed by atoms with van der Waals surface area (Å²) in [4.78, 5) is 24.3. The molecule has 0 saturated heterocycles. The number of amides is 1. The lowest BCUT2D eigenvalue weighted by Crippen LogP contribution is -2.57. The van der Waals surface area contributed by atoms with Crippen LogP contribution < -0.4 is 5.32 Å². The second-order valence-electron chi connectivity index (χ2n) is 15.2. The molecule has 0 spiro atoms. The topological polar surface area (TPSA) is 66.4 Å². The molecular formula is C36H63NO3. The highest BCUT2D eigenvalue weighted by Crippen LogP contribution is 2.68. The molecule has 230 valence electrons. The van der Waals surface area contributed by atoms with E-state index < -0.39 is 0 Å². The van der Waals surface area contributed by atoms with Crippen molar-refractivity contribution < 1.29 is 14.7 Å². The fraction of sp³-hybridized carbons (Fsp3) is 0.944. The second kappa shape index (κ2) is 15.0. The minimum absolute atomic E-state index is 0.111. The standard InChI is InChI=1S/C36H63NO3/c1-4-5-15-24-37-33(40)17-14-12-10-8-6-7-9-11-13-16-27-26-36(3)31(20-21-32(36)39)30-19-18-28-25-29(38)22-23-35(28,2)34(27)30/h27-28,30-32,34,39H,4-26H2,1-3H3,(H,37,40)/t27?,28?,30-,31-,32?,34+,35-,36-/m0/s1. The molecule has 4 aliphatic rings. The molecule has 4 nitrogen and oxygen atoms in total. The summed E-state index contributed by atoms with van der Waals surface area (Å²) in [6.45, 7) is 8.04. The van der Waals surface area contributed by atoms with Crippen molar-refractivity contribution in [3.8, 4) is 0 Å². The van der Waals surface area contributed by atoms with E-state index in [1.165, 1.54) is 96.3 Å². The number of fused-ring (bicyclic) bond motifs is 5. The van der Waals surface area contributed by atoms with Crippen LogP contribution in [0.4, 0.5) is 0 Å². The van der Waals surface area contributed by atoms with Crippen molar-refractivity contribution >= 4 is 11.7 Å². The zero-order valence-corrected chi connectivity index (χ0v) is 26.5. The molecule has 0 radical (unpaired) electrons. The Labute approximate surface area is 246 Å². The molecule has 0 bridgehead atoms. The average Bonchev–Trinajstić information content (AvgIpc) is 3.23. The Morgan fingerprint density at radius 1 is 0.875 bits per heavy atom. The van der Waals surface area contributed by atoms with Crippen LogP contribution in [0.1, 0.15) is 162 Å². The van der Waals surface area contributed by atoms with Gasteiger partial charge in [-0.25, -0.2) is 0 Å². The molecule has 3 unspecified atom stereocenters. The SMILES string of the molecule is CCCCCNC(=O)CCCCCCCCCCCC1C[C@]2(C)C(O)CC[C@H]2[C@@H]2CCC3CC(=O)CC[C@]3(C)[C@H]12. The summed E-state index contributed by atoms with van der Waals surface area (Å²) in [5.41, 5.74) is 0.460. The number of carbonyl (C=O) groups excluding carboxylic acids is 2. The summed E-state index contributed by atoms with van der Waals surface area (Å²) >= 11 is 0. The van der Waals surface area contributed by atoms with E-state index in [4.69, 9.17) is 0 Å². The molecule has 0 heterocycles. The molecule has 0 aromatic rings. The number of Topliss-reactive ketones (excluding diaryl/α,β-unsaturated/α-hetero) is 1. The number of hydrogen-bond donors (Lipinski definition) is 2. The summed E-state index contributed by atoms with van der Waals surface area (Å²) < 4.78 is 0. The van der Waals surface area contributed by atoms with Gasteiger partial charge in [-0.2, -0.15) is 0 Å². The maximum atomic E-state index is 12.4. The summed E-state index contributed by atoms with van der Waals surface area (Å²) in [5, 5.41) is 14.1. The fourth-order valence-corrected chi connectivity index (χ4v) is 10.3. The van der Waals surface area contributed by atoms with Gasteiger partial charge in [-0.1, -0.05) is 91.4 Å². The van der Waals surface area contributed by atoms with Gasteiger partial charge in [-0.05, 0) is 91.8 Å². The normalized spacial score (nSPS) is 37.0. The number of ketones is 1. The predicted molar refractivity (Wildman–Crippen MR) is 165 cm³/mol. The molecule has 0 aromatic carbocycles. The number of carbonyl (C=O) groups is 2. The first kappa shape index (κ1) is 32.0. The van der Waals surface area contributed by atoms with Crippen LogP contribution in [0, 0.1) is 40.4 Å². The highest BCUT2D eigenvalue weighted by atomic mass is 16.3. The van der Waals surface area contributed by atoms with Crippen LogP contribution >= 0.6 is 0 Å². The summed E-state index contributed by atoms with van der Waals surface area (Å²) in [6, 6.07) is 0. The van der Waals surface area contributed by atoms with Gasteiger partial charge in [0.2, 0.25) is 5.91 Å². The molecule has 2 N–H and O–H groups in total. The van der Waals surface area contributed by atoms with E-state index >= 15 is 0 Å². The molecule has 1 amide bonds. The van der Waals surface area contributed by atoms with Crippen LogP contribution in [0.15, 0.2) is 0 Å². The highest BCUT2D eigenvalue weighted by molar-refractivity contribution is 5.79.